The molecular weight excluding hydrogens is 222 g/mol. The first kappa shape index (κ1) is 13.3. The minimum atomic E-state index is -1.77. The molecule has 0 atom stereocenters. The van der Waals surface area contributed by atoms with Gasteiger partial charge in [-0.3, -0.25) is 9.59 Å². The van der Waals surface area contributed by atoms with Crippen LogP contribution < -0.4 is 16.9 Å². The van der Waals surface area contributed by atoms with E-state index in [4.69, 9.17) is 11.5 Å². The Kier molecular flexibility index (Phi) is 4.33. The number of nitrogens with two attached hydrogens (primary N) is 2. The van der Waals surface area contributed by atoms with E-state index in [1.165, 1.54) is 7.05 Å². The van der Waals surface area contributed by atoms with Gasteiger partial charge in [0.25, 0.3) is 0 Å². The predicted molar refractivity (Wildman–Crippen MR) is 61.6 cm³/mol. The van der Waals surface area contributed by atoms with Gasteiger partial charge >= 0.3 is 5.97 Å². The summed E-state index contributed by atoms with van der Waals surface area (Å²) in [5, 5.41) is 0. The van der Waals surface area contributed by atoms with Crippen LogP contribution in [-0.2, 0) is 9.63 Å². The van der Waals surface area contributed by atoms with Crippen LogP contribution in [0.1, 0.15) is 16.8 Å². The first-order valence-corrected chi connectivity index (χ1v) is 5.01. The second-order valence-electron chi connectivity index (χ2n) is 3.59. The quantitative estimate of drug-likeness (QED) is 0.364. The largest absolute Gasteiger partial charge is 0.371 e. The molecule has 0 unspecified atom stereocenters. The zero-order chi connectivity index (χ0) is 12.9. The SMILES string of the molecule is CNOC(=O)CC(N)(N)C(=O)c1ccccc1. The molecule has 0 heterocycles. The van der Waals surface area contributed by atoms with Gasteiger partial charge < -0.3 is 16.3 Å². The Morgan fingerprint density at radius 2 is 1.88 bits per heavy atom. The molecule has 1 aromatic carbocycles. The van der Waals surface area contributed by atoms with Gasteiger partial charge in [-0.1, -0.05) is 30.3 Å². The van der Waals surface area contributed by atoms with Crippen molar-refractivity contribution in [3.8, 4) is 0 Å². The molecule has 0 aromatic heterocycles. The van der Waals surface area contributed by atoms with Gasteiger partial charge in [0.2, 0.25) is 0 Å². The van der Waals surface area contributed by atoms with Gasteiger partial charge in [0.05, 0.1) is 6.42 Å². The fraction of sp³-hybridized carbons (Fsp3) is 0.273. The van der Waals surface area contributed by atoms with Crippen molar-refractivity contribution in [1.29, 1.82) is 0 Å². The van der Waals surface area contributed by atoms with Gasteiger partial charge in [-0.05, 0) is 0 Å². The Morgan fingerprint density at radius 3 is 2.41 bits per heavy atom. The lowest BCUT2D eigenvalue weighted by molar-refractivity contribution is -0.150. The molecule has 1 aromatic rings. The maximum atomic E-state index is 11.9. The van der Waals surface area contributed by atoms with Crippen LogP contribution in [-0.4, -0.2) is 24.5 Å². The van der Waals surface area contributed by atoms with Crippen molar-refractivity contribution in [3.63, 3.8) is 0 Å². The molecule has 0 amide bonds. The highest BCUT2D eigenvalue weighted by atomic mass is 16.7. The zero-order valence-corrected chi connectivity index (χ0v) is 9.47. The topological polar surface area (TPSA) is 107 Å². The Labute approximate surface area is 98.9 Å². The minimum Gasteiger partial charge on any atom is -0.371 e. The third-order valence-corrected chi connectivity index (χ3v) is 2.11. The third kappa shape index (κ3) is 3.63. The molecular formula is C11H15N3O3. The van der Waals surface area contributed by atoms with Crippen molar-refractivity contribution in [3.05, 3.63) is 35.9 Å². The van der Waals surface area contributed by atoms with Crippen LogP contribution in [0.4, 0.5) is 0 Å². The van der Waals surface area contributed by atoms with E-state index in [9.17, 15) is 9.59 Å². The second-order valence-corrected chi connectivity index (χ2v) is 3.59. The average molecular weight is 237 g/mol. The molecule has 0 fully saturated rings. The zero-order valence-electron chi connectivity index (χ0n) is 9.47. The molecule has 0 saturated heterocycles. The fourth-order valence-corrected chi connectivity index (χ4v) is 1.33. The van der Waals surface area contributed by atoms with E-state index in [1.807, 2.05) is 0 Å². The number of benzene rings is 1. The lowest BCUT2D eigenvalue weighted by atomic mass is 9.96. The van der Waals surface area contributed by atoms with E-state index in [0.29, 0.717) is 5.56 Å². The lowest BCUT2D eigenvalue weighted by Gasteiger charge is -2.21. The van der Waals surface area contributed by atoms with Crippen molar-refractivity contribution in [1.82, 2.24) is 5.48 Å². The van der Waals surface area contributed by atoms with Crippen molar-refractivity contribution in [2.45, 2.75) is 12.1 Å². The number of hydrogen-bond acceptors (Lipinski definition) is 6. The summed E-state index contributed by atoms with van der Waals surface area (Å²) in [5.41, 5.74) is 12.0. The molecule has 17 heavy (non-hydrogen) atoms. The third-order valence-electron chi connectivity index (χ3n) is 2.11. The smallest absolute Gasteiger partial charge is 0.328 e. The average Bonchev–Trinajstić information content (AvgIpc) is 2.28. The predicted octanol–water partition coefficient (Wildman–Crippen LogP) is -0.449. The summed E-state index contributed by atoms with van der Waals surface area (Å²) in [7, 11) is 1.42. The highest BCUT2D eigenvalue weighted by Gasteiger charge is 2.33. The van der Waals surface area contributed by atoms with Crippen LogP contribution in [0, 0.1) is 0 Å². The first-order valence-electron chi connectivity index (χ1n) is 5.01. The second kappa shape index (κ2) is 5.53. The number of carbonyl (C=O) groups is 2. The highest BCUT2D eigenvalue weighted by molar-refractivity contribution is 6.04. The Hall–Kier alpha value is -1.76. The summed E-state index contributed by atoms with van der Waals surface area (Å²) in [5.74, 6) is -1.20. The molecule has 0 saturated carbocycles. The molecule has 0 aliphatic carbocycles. The molecule has 0 radical (unpaired) electrons. The number of hydroxylamine groups is 1. The van der Waals surface area contributed by atoms with Crippen LogP contribution in [0.2, 0.25) is 0 Å². The Balaban J connectivity index is 2.77. The molecule has 0 aliphatic rings. The number of carbonyl (C=O) groups excluding carboxylic acids is 2. The van der Waals surface area contributed by atoms with Gasteiger partial charge in [-0.15, -0.1) is 0 Å². The maximum absolute atomic E-state index is 11.9. The van der Waals surface area contributed by atoms with Crippen LogP contribution in [0.25, 0.3) is 0 Å². The number of rotatable bonds is 5. The van der Waals surface area contributed by atoms with E-state index in [-0.39, 0.29) is 0 Å². The molecule has 0 aliphatic heterocycles. The minimum absolute atomic E-state index is 0.356. The molecule has 1 rings (SSSR count). The highest BCUT2D eigenvalue weighted by Crippen LogP contribution is 2.10. The normalized spacial score (nSPS) is 11.0. The van der Waals surface area contributed by atoms with Gasteiger partial charge in [0, 0.05) is 12.6 Å². The number of hydrogen-bond donors (Lipinski definition) is 3. The molecule has 5 N–H and O–H groups in total. The molecule has 92 valence electrons. The first-order chi connectivity index (χ1) is 7.97. The van der Waals surface area contributed by atoms with Crippen LogP contribution in [0.5, 0.6) is 0 Å². The molecule has 6 nitrogen and oxygen atoms in total. The monoisotopic (exact) mass is 237 g/mol. The summed E-state index contributed by atoms with van der Waals surface area (Å²) >= 11 is 0. The van der Waals surface area contributed by atoms with Gasteiger partial charge in [-0.2, -0.15) is 5.48 Å². The Bertz CT molecular complexity index is 404. The van der Waals surface area contributed by atoms with Crippen molar-refractivity contribution >= 4 is 11.8 Å². The number of ketones is 1. The molecule has 0 bridgehead atoms. The summed E-state index contributed by atoms with van der Waals surface area (Å²) < 4.78 is 0. The van der Waals surface area contributed by atoms with E-state index in [2.05, 4.69) is 10.3 Å². The van der Waals surface area contributed by atoms with Gasteiger partial charge in [0.1, 0.15) is 5.66 Å². The van der Waals surface area contributed by atoms with Crippen molar-refractivity contribution in [2.24, 2.45) is 11.5 Å². The van der Waals surface area contributed by atoms with Crippen LogP contribution in [0.15, 0.2) is 30.3 Å². The standard InChI is InChI=1S/C11H15N3O3/c1-14-17-9(15)7-11(12,13)10(16)8-5-3-2-4-6-8/h2-6,14H,7,12-13H2,1H3. The molecule has 0 spiro atoms. The summed E-state index contributed by atoms with van der Waals surface area (Å²) in [6.07, 6.45) is -0.401. The van der Waals surface area contributed by atoms with E-state index < -0.39 is 23.8 Å². The van der Waals surface area contributed by atoms with Gasteiger partial charge in [0.15, 0.2) is 5.78 Å². The van der Waals surface area contributed by atoms with Crippen LogP contribution >= 0.6 is 0 Å². The molecule has 6 heteroatoms. The Morgan fingerprint density at radius 1 is 1.29 bits per heavy atom. The van der Waals surface area contributed by atoms with Gasteiger partial charge in [-0.25, -0.2) is 0 Å². The summed E-state index contributed by atoms with van der Waals surface area (Å²) in [4.78, 5) is 27.6. The van der Waals surface area contributed by atoms with E-state index in [1.54, 1.807) is 30.3 Å². The van der Waals surface area contributed by atoms with E-state index >= 15 is 0 Å². The van der Waals surface area contributed by atoms with E-state index in [0.717, 1.165) is 0 Å². The fourth-order valence-electron chi connectivity index (χ4n) is 1.33. The lowest BCUT2D eigenvalue weighted by Crippen LogP contribution is -2.58. The van der Waals surface area contributed by atoms with Crippen molar-refractivity contribution < 1.29 is 14.4 Å². The summed E-state index contributed by atoms with van der Waals surface area (Å²) in [6, 6.07) is 8.31. The number of Topliss-reactive ketones (excluding diaryl/α,β-unsaturated/α-hetero) is 1. The van der Waals surface area contributed by atoms with Crippen LogP contribution in [0.3, 0.4) is 0 Å². The maximum Gasteiger partial charge on any atom is 0.328 e. The number of nitrogens with one attached hydrogen (secondary N) is 1. The van der Waals surface area contributed by atoms with Crippen molar-refractivity contribution in [2.75, 3.05) is 7.05 Å². The summed E-state index contributed by atoms with van der Waals surface area (Å²) in [6.45, 7) is 0.